The molecule has 3 rings (SSSR count). The fourth-order valence-electron chi connectivity index (χ4n) is 3.51. The molecule has 0 aromatic heterocycles. The Morgan fingerprint density at radius 3 is 2.60 bits per heavy atom. The number of rotatable bonds is 5. The number of aliphatic hydroxyl groups excluding tert-OH is 1. The molecule has 2 saturated heterocycles. The normalized spacial score (nSPS) is 25.5. The molecule has 5 nitrogen and oxygen atoms in total. The van der Waals surface area contributed by atoms with Crippen molar-refractivity contribution >= 4 is 10.0 Å². The highest BCUT2D eigenvalue weighted by molar-refractivity contribution is 7.89. The Bertz CT molecular complexity index is 736. The molecule has 2 fully saturated rings. The van der Waals surface area contributed by atoms with E-state index < -0.39 is 27.6 Å². The number of benzene rings is 1. The van der Waals surface area contributed by atoms with Gasteiger partial charge in [0.2, 0.25) is 10.0 Å². The Labute approximate surface area is 146 Å². The fraction of sp³-hybridized carbons (Fsp3) is 0.647. The molecule has 140 valence electrons. The van der Waals surface area contributed by atoms with Gasteiger partial charge in [0, 0.05) is 30.0 Å². The number of sulfonamides is 1. The maximum absolute atomic E-state index is 14.5. The Kier molecular flexibility index (Phi) is 5.43. The van der Waals surface area contributed by atoms with E-state index in [1.807, 2.05) is 0 Å². The van der Waals surface area contributed by atoms with Crippen molar-refractivity contribution in [2.75, 3.05) is 25.6 Å². The molecule has 1 aromatic carbocycles. The van der Waals surface area contributed by atoms with Crippen molar-refractivity contribution < 1.29 is 27.0 Å². The van der Waals surface area contributed by atoms with Crippen molar-refractivity contribution in [3.05, 3.63) is 34.9 Å². The van der Waals surface area contributed by atoms with Crippen LogP contribution in [0.1, 0.15) is 36.8 Å². The van der Waals surface area contributed by atoms with Crippen molar-refractivity contribution in [2.24, 2.45) is 5.92 Å². The van der Waals surface area contributed by atoms with Crippen LogP contribution in [-0.2, 0) is 21.3 Å². The highest BCUT2D eigenvalue weighted by atomic mass is 32.2. The summed E-state index contributed by atoms with van der Waals surface area (Å²) in [6, 6.07) is 1.91. The zero-order valence-electron chi connectivity index (χ0n) is 14.1. The molecule has 1 unspecified atom stereocenters. The Hall–Kier alpha value is -1.09. The van der Waals surface area contributed by atoms with E-state index in [1.54, 1.807) is 6.92 Å². The molecule has 1 aromatic rings. The van der Waals surface area contributed by atoms with Crippen LogP contribution in [0.3, 0.4) is 0 Å². The van der Waals surface area contributed by atoms with Crippen LogP contribution in [0.15, 0.2) is 12.1 Å². The smallest absolute Gasteiger partial charge is 0.214 e. The van der Waals surface area contributed by atoms with Crippen molar-refractivity contribution in [2.45, 2.75) is 38.3 Å². The molecular weight excluding hydrogens is 352 g/mol. The molecule has 0 aliphatic carbocycles. The first-order valence-electron chi connectivity index (χ1n) is 8.49. The lowest BCUT2D eigenvalue weighted by Gasteiger charge is -2.34. The van der Waals surface area contributed by atoms with E-state index in [0.29, 0.717) is 26.1 Å². The molecular formula is C17H23F2NO4S. The maximum Gasteiger partial charge on any atom is 0.214 e. The van der Waals surface area contributed by atoms with Gasteiger partial charge in [0.1, 0.15) is 11.6 Å². The Morgan fingerprint density at radius 2 is 2.04 bits per heavy atom. The molecule has 2 heterocycles. The van der Waals surface area contributed by atoms with Gasteiger partial charge < -0.3 is 9.84 Å². The maximum atomic E-state index is 14.5. The van der Waals surface area contributed by atoms with E-state index in [0.717, 1.165) is 12.1 Å². The third-order valence-corrected chi connectivity index (χ3v) is 7.20. The minimum Gasteiger partial charge on any atom is -0.396 e. The average Bonchev–Trinajstić information content (AvgIpc) is 2.49. The zero-order chi connectivity index (χ0) is 18.2. The van der Waals surface area contributed by atoms with E-state index in [4.69, 9.17) is 4.74 Å². The molecule has 1 N–H and O–H groups in total. The minimum atomic E-state index is -3.45. The van der Waals surface area contributed by atoms with Gasteiger partial charge in [-0.3, -0.25) is 0 Å². The third-order valence-electron chi connectivity index (χ3n) is 5.19. The molecule has 8 heteroatoms. The predicted octanol–water partition coefficient (Wildman–Crippen LogP) is 2.00. The molecule has 25 heavy (non-hydrogen) atoms. The predicted molar refractivity (Wildman–Crippen MR) is 88.5 cm³/mol. The van der Waals surface area contributed by atoms with Gasteiger partial charge in [-0.25, -0.2) is 17.2 Å². The van der Waals surface area contributed by atoms with Gasteiger partial charge in [0.15, 0.2) is 0 Å². The number of halogens is 2. The molecule has 0 saturated carbocycles. The number of aliphatic hydroxyl groups is 1. The molecule has 2 aliphatic heterocycles. The van der Waals surface area contributed by atoms with Crippen LogP contribution in [0.2, 0.25) is 0 Å². The van der Waals surface area contributed by atoms with Gasteiger partial charge in [-0.1, -0.05) is 0 Å². The molecule has 0 radical (unpaired) electrons. The number of hydrogen-bond acceptors (Lipinski definition) is 4. The number of ether oxygens (including phenoxy) is 1. The van der Waals surface area contributed by atoms with Gasteiger partial charge in [0.05, 0.1) is 25.6 Å². The van der Waals surface area contributed by atoms with E-state index in [1.165, 1.54) is 4.31 Å². The first kappa shape index (κ1) is 18.7. The SMILES string of the molecule is C[C@H]1CCCS(=O)(=O)N1Cc1cc(F)c(C(CO)C2COC2)cc1F. The quantitative estimate of drug-likeness (QED) is 0.855. The molecule has 0 bridgehead atoms. The van der Waals surface area contributed by atoms with Crippen LogP contribution >= 0.6 is 0 Å². The van der Waals surface area contributed by atoms with Crippen molar-refractivity contribution in [3.63, 3.8) is 0 Å². The van der Waals surface area contributed by atoms with Crippen LogP contribution in [0.25, 0.3) is 0 Å². The van der Waals surface area contributed by atoms with Crippen molar-refractivity contribution in [1.82, 2.24) is 4.31 Å². The fourth-order valence-corrected chi connectivity index (χ4v) is 5.27. The second-order valence-electron chi connectivity index (χ2n) is 6.90. The van der Waals surface area contributed by atoms with Gasteiger partial charge in [-0.2, -0.15) is 4.31 Å². The van der Waals surface area contributed by atoms with E-state index in [2.05, 4.69) is 0 Å². The Balaban J connectivity index is 1.87. The molecule has 0 amide bonds. The topological polar surface area (TPSA) is 66.8 Å². The second kappa shape index (κ2) is 7.26. The summed E-state index contributed by atoms with van der Waals surface area (Å²) in [5, 5.41) is 9.53. The third kappa shape index (κ3) is 3.72. The molecule has 2 atom stereocenters. The number of nitrogens with zero attached hydrogens (tertiary/aromatic N) is 1. The lowest BCUT2D eigenvalue weighted by molar-refractivity contribution is -0.0532. The summed E-state index contributed by atoms with van der Waals surface area (Å²) in [5.41, 5.74) is 0.131. The van der Waals surface area contributed by atoms with Gasteiger partial charge in [-0.05, 0) is 37.5 Å². The van der Waals surface area contributed by atoms with Gasteiger partial charge >= 0.3 is 0 Å². The lowest BCUT2D eigenvalue weighted by atomic mass is 9.84. The average molecular weight is 375 g/mol. The van der Waals surface area contributed by atoms with Crippen LogP contribution in [0.4, 0.5) is 8.78 Å². The minimum absolute atomic E-state index is 0.0140. The molecule has 0 spiro atoms. The van der Waals surface area contributed by atoms with Crippen LogP contribution in [-0.4, -0.2) is 49.4 Å². The van der Waals surface area contributed by atoms with Crippen LogP contribution in [0, 0.1) is 17.6 Å². The number of hydrogen-bond donors (Lipinski definition) is 1. The summed E-state index contributed by atoms with van der Waals surface area (Å²) in [4.78, 5) is 0. The van der Waals surface area contributed by atoms with Crippen molar-refractivity contribution in [3.8, 4) is 0 Å². The van der Waals surface area contributed by atoms with Crippen LogP contribution in [0.5, 0.6) is 0 Å². The highest BCUT2D eigenvalue weighted by Crippen LogP contribution is 2.33. The first-order valence-corrected chi connectivity index (χ1v) is 10.1. The summed E-state index contributed by atoms with van der Waals surface area (Å²) >= 11 is 0. The summed E-state index contributed by atoms with van der Waals surface area (Å²) in [5.74, 6) is -1.79. The summed E-state index contributed by atoms with van der Waals surface area (Å²) < 4.78 is 59.8. The lowest BCUT2D eigenvalue weighted by Crippen LogP contribution is -2.43. The summed E-state index contributed by atoms with van der Waals surface area (Å²) in [6.07, 6.45) is 1.28. The zero-order valence-corrected chi connectivity index (χ0v) is 14.9. The first-order chi connectivity index (χ1) is 11.8. The monoisotopic (exact) mass is 375 g/mol. The highest BCUT2D eigenvalue weighted by Gasteiger charge is 2.34. The standard InChI is InChI=1S/C17H23F2NO4S/c1-11-3-2-4-25(22,23)20(11)7-12-5-17(19)14(6-16(12)18)15(8-21)13-9-24-10-13/h5-6,11,13,15,21H,2-4,7-10H2,1H3/t11-,15?/m0/s1. The molecule has 2 aliphatic rings. The van der Waals surface area contributed by atoms with Gasteiger partial charge in [-0.15, -0.1) is 0 Å². The van der Waals surface area contributed by atoms with E-state index in [9.17, 15) is 22.3 Å². The largest absolute Gasteiger partial charge is 0.396 e. The summed E-state index contributed by atoms with van der Waals surface area (Å²) in [7, 11) is -3.45. The Morgan fingerprint density at radius 1 is 1.32 bits per heavy atom. The second-order valence-corrected chi connectivity index (χ2v) is 8.95. The van der Waals surface area contributed by atoms with Crippen molar-refractivity contribution in [1.29, 1.82) is 0 Å². The van der Waals surface area contributed by atoms with E-state index >= 15 is 0 Å². The van der Waals surface area contributed by atoms with Gasteiger partial charge in [0.25, 0.3) is 0 Å². The van der Waals surface area contributed by atoms with E-state index in [-0.39, 0.29) is 42.0 Å². The van der Waals surface area contributed by atoms with Crippen LogP contribution < -0.4 is 0 Å². The summed E-state index contributed by atoms with van der Waals surface area (Å²) in [6.45, 7) is 2.14.